The fourth-order valence-corrected chi connectivity index (χ4v) is 2.22. The summed E-state index contributed by atoms with van der Waals surface area (Å²) in [5.74, 6) is -0.451. The SMILES string of the molecule is CCN(Cc1ccccc1CN)C(=O)c1ccc(F)cc1. The Balaban J connectivity index is 2.19. The van der Waals surface area contributed by atoms with Gasteiger partial charge in [-0.05, 0) is 42.3 Å². The molecule has 0 unspecified atom stereocenters. The summed E-state index contributed by atoms with van der Waals surface area (Å²) in [7, 11) is 0. The lowest BCUT2D eigenvalue weighted by molar-refractivity contribution is 0.0752. The first-order valence-electron chi connectivity index (χ1n) is 6.97. The highest BCUT2D eigenvalue weighted by Crippen LogP contribution is 2.14. The zero-order valence-corrected chi connectivity index (χ0v) is 12.1. The first-order valence-corrected chi connectivity index (χ1v) is 6.97. The standard InChI is InChI=1S/C17H19FN2O/c1-2-20(12-15-6-4-3-5-14(15)11-19)17(21)13-7-9-16(18)10-8-13/h3-10H,2,11-12,19H2,1H3. The Morgan fingerprint density at radius 2 is 1.71 bits per heavy atom. The van der Waals surface area contributed by atoms with E-state index in [0.29, 0.717) is 25.2 Å². The second-order valence-electron chi connectivity index (χ2n) is 4.80. The Hall–Kier alpha value is -2.20. The Bertz CT molecular complexity index is 610. The van der Waals surface area contributed by atoms with Gasteiger partial charge in [0.15, 0.2) is 0 Å². The third-order valence-electron chi connectivity index (χ3n) is 3.46. The molecule has 0 aliphatic heterocycles. The van der Waals surface area contributed by atoms with Crippen LogP contribution in [0.5, 0.6) is 0 Å². The van der Waals surface area contributed by atoms with Gasteiger partial charge in [0.2, 0.25) is 0 Å². The maximum Gasteiger partial charge on any atom is 0.254 e. The fourth-order valence-electron chi connectivity index (χ4n) is 2.22. The minimum Gasteiger partial charge on any atom is -0.335 e. The molecule has 0 radical (unpaired) electrons. The van der Waals surface area contributed by atoms with Gasteiger partial charge in [-0.2, -0.15) is 0 Å². The van der Waals surface area contributed by atoms with E-state index in [1.807, 2.05) is 31.2 Å². The maximum atomic E-state index is 12.9. The molecular weight excluding hydrogens is 267 g/mol. The molecule has 21 heavy (non-hydrogen) atoms. The zero-order chi connectivity index (χ0) is 15.2. The monoisotopic (exact) mass is 286 g/mol. The molecular formula is C17H19FN2O. The Morgan fingerprint density at radius 1 is 1.10 bits per heavy atom. The van der Waals surface area contributed by atoms with Gasteiger partial charge >= 0.3 is 0 Å². The number of rotatable bonds is 5. The first-order chi connectivity index (χ1) is 10.2. The van der Waals surface area contributed by atoms with Gasteiger partial charge in [0.05, 0.1) is 0 Å². The highest BCUT2D eigenvalue weighted by Gasteiger charge is 2.15. The summed E-state index contributed by atoms with van der Waals surface area (Å²) in [5, 5.41) is 0. The van der Waals surface area contributed by atoms with Gasteiger partial charge in [0.25, 0.3) is 5.91 Å². The van der Waals surface area contributed by atoms with Crippen molar-refractivity contribution in [1.29, 1.82) is 0 Å². The van der Waals surface area contributed by atoms with Crippen LogP contribution in [0.2, 0.25) is 0 Å². The summed E-state index contributed by atoms with van der Waals surface area (Å²) in [5.41, 5.74) is 8.29. The summed E-state index contributed by atoms with van der Waals surface area (Å²) in [4.78, 5) is 14.2. The van der Waals surface area contributed by atoms with Crippen LogP contribution in [-0.4, -0.2) is 17.4 Å². The van der Waals surface area contributed by atoms with Crippen LogP contribution in [0.15, 0.2) is 48.5 Å². The van der Waals surface area contributed by atoms with Crippen LogP contribution in [0.1, 0.15) is 28.4 Å². The third kappa shape index (κ3) is 3.67. The zero-order valence-electron chi connectivity index (χ0n) is 12.1. The number of nitrogens with zero attached hydrogens (tertiary/aromatic N) is 1. The minimum atomic E-state index is -0.344. The van der Waals surface area contributed by atoms with Crippen LogP contribution in [0.25, 0.3) is 0 Å². The van der Waals surface area contributed by atoms with Crippen LogP contribution in [0.3, 0.4) is 0 Å². The second-order valence-corrected chi connectivity index (χ2v) is 4.80. The van der Waals surface area contributed by atoms with E-state index in [4.69, 9.17) is 5.73 Å². The Kier molecular flexibility index (Phi) is 5.06. The van der Waals surface area contributed by atoms with E-state index in [2.05, 4.69) is 0 Å². The molecule has 0 aliphatic rings. The quantitative estimate of drug-likeness (QED) is 0.918. The summed E-state index contributed by atoms with van der Waals surface area (Å²) >= 11 is 0. The van der Waals surface area contributed by atoms with Crippen molar-refractivity contribution >= 4 is 5.91 Å². The predicted octanol–water partition coefficient (Wildman–Crippen LogP) is 2.95. The molecule has 110 valence electrons. The van der Waals surface area contributed by atoms with Crippen molar-refractivity contribution in [3.63, 3.8) is 0 Å². The number of carbonyl (C=O) groups is 1. The average molecular weight is 286 g/mol. The minimum absolute atomic E-state index is 0.107. The van der Waals surface area contributed by atoms with Gasteiger partial charge in [0, 0.05) is 25.2 Å². The number of hydrogen-bond acceptors (Lipinski definition) is 2. The van der Waals surface area contributed by atoms with Crippen molar-refractivity contribution in [2.75, 3.05) is 6.54 Å². The molecule has 4 heteroatoms. The molecule has 2 aromatic carbocycles. The van der Waals surface area contributed by atoms with E-state index in [0.717, 1.165) is 11.1 Å². The van der Waals surface area contributed by atoms with Crippen molar-refractivity contribution in [2.24, 2.45) is 5.73 Å². The van der Waals surface area contributed by atoms with E-state index >= 15 is 0 Å². The van der Waals surface area contributed by atoms with Gasteiger partial charge in [-0.1, -0.05) is 24.3 Å². The topological polar surface area (TPSA) is 46.3 Å². The van der Waals surface area contributed by atoms with E-state index < -0.39 is 0 Å². The van der Waals surface area contributed by atoms with Gasteiger partial charge in [0.1, 0.15) is 5.82 Å². The summed E-state index contributed by atoms with van der Waals surface area (Å²) in [6, 6.07) is 13.4. The molecule has 3 nitrogen and oxygen atoms in total. The number of amides is 1. The van der Waals surface area contributed by atoms with Crippen molar-refractivity contribution < 1.29 is 9.18 Å². The van der Waals surface area contributed by atoms with Crippen LogP contribution in [-0.2, 0) is 13.1 Å². The van der Waals surface area contributed by atoms with Gasteiger partial charge in [-0.3, -0.25) is 4.79 Å². The lowest BCUT2D eigenvalue weighted by Gasteiger charge is -2.22. The molecule has 1 amide bonds. The Morgan fingerprint density at radius 3 is 2.29 bits per heavy atom. The normalized spacial score (nSPS) is 10.4. The van der Waals surface area contributed by atoms with Gasteiger partial charge in [-0.15, -0.1) is 0 Å². The largest absolute Gasteiger partial charge is 0.335 e. The summed E-state index contributed by atoms with van der Waals surface area (Å²) in [6.07, 6.45) is 0. The van der Waals surface area contributed by atoms with Gasteiger partial charge < -0.3 is 10.6 Å². The predicted molar refractivity (Wildman–Crippen MR) is 81.1 cm³/mol. The molecule has 2 rings (SSSR count). The fraction of sp³-hybridized carbons (Fsp3) is 0.235. The van der Waals surface area contributed by atoms with Crippen LogP contribution in [0, 0.1) is 5.82 Å². The third-order valence-corrected chi connectivity index (χ3v) is 3.46. The van der Waals surface area contributed by atoms with Crippen LogP contribution >= 0.6 is 0 Å². The summed E-state index contributed by atoms with van der Waals surface area (Å²) in [6.45, 7) is 3.44. The molecule has 0 spiro atoms. The van der Waals surface area contributed by atoms with E-state index in [9.17, 15) is 9.18 Å². The van der Waals surface area contributed by atoms with E-state index in [-0.39, 0.29) is 11.7 Å². The average Bonchev–Trinajstić information content (AvgIpc) is 2.53. The van der Waals surface area contributed by atoms with Crippen LogP contribution < -0.4 is 5.73 Å². The number of benzene rings is 2. The smallest absolute Gasteiger partial charge is 0.254 e. The molecule has 0 saturated heterocycles. The molecule has 0 heterocycles. The highest BCUT2D eigenvalue weighted by atomic mass is 19.1. The number of halogens is 1. The summed E-state index contributed by atoms with van der Waals surface area (Å²) < 4.78 is 12.9. The maximum absolute atomic E-state index is 12.9. The first kappa shape index (κ1) is 15.2. The van der Waals surface area contributed by atoms with E-state index in [1.165, 1.54) is 24.3 Å². The lowest BCUT2D eigenvalue weighted by Crippen LogP contribution is -2.30. The van der Waals surface area contributed by atoms with Crippen molar-refractivity contribution in [3.8, 4) is 0 Å². The lowest BCUT2D eigenvalue weighted by atomic mass is 10.1. The molecule has 0 saturated carbocycles. The van der Waals surface area contributed by atoms with Gasteiger partial charge in [-0.25, -0.2) is 4.39 Å². The number of hydrogen-bond donors (Lipinski definition) is 1. The molecule has 0 atom stereocenters. The molecule has 0 bridgehead atoms. The molecule has 2 N–H and O–H groups in total. The molecule has 2 aromatic rings. The second kappa shape index (κ2) is 6.99. The van der Waals surface area contributed by atoms with Crippen molar-refractivity contribution in [1.82, 2.24) is 4.90 Å². The van der Waals surface area contributed by atoms with Crippen molar-refractivity contribution in [3.05, 3.63) is 71.0 Å². The number of nitrogens with two attached hydrogens (primary N) is 1. The van der Waals surface area contributed by atoms with Crippen LogP contribution in [0.4, 0.5) is 4.39 Å². The number of carbonyl (C=O) groups excluding carboxylic acids is 1. The molecule has 0 aliphatic carbocycles. The highest BCUT2D eigenvalue weighted by molar-refractivity contribution is 5.94. The van der Waals surface area contributed by atoms with Crippen molar-refractivity contribution in [2.45, 2.75) is 20.0 Å². The molecule has 0 aromatic heterocycles. The van der Waals surface area contributed by atoms with E-state index in [1.54, 1.807) is 4.90 Å². The molecule has 0 fully saturated rings. The Labute approximate surface area is 124 Å².